The quantitative estimate of drug-likeness (QED) is 0.812. The minimum Gasteiger partial charge on any atom is -0.493 e. The van der Waals surface area contributed by atoms with E-state index in [1.54, 1.807) is 12.1 Å². The number of benzene rings is 1. The summed E-state index contributed by atoms with van der Waals surface area (Å²) in [5.41, 5.74) is 1.59. The summed E-state index contributed by atoms with van der Waals surface area (Å²) in [5, 5.41) is 12.1. The molecule has 1 aromatic rings. The van der Waals surface area contributed by atoms with Crippen molar-refractivity contribution in [3.05, 3.63) is 29.3 Å². The maximum atomic E-state index is 12.1. The van der Waals surface area contributed by atoms with Gasteiger partial charge in [-0.2, -0.15) is 0 Å². The Morgan fingerprint density at radius 1 is 1.32 bits per heavy atom. The normalized spacial score (nSPS) is 14.3. The molecule has 1 aliphatic heterocycles. The zero-order chi connectivity index (χ0) is 16.1. The van der Waals surface area contributed by atoms with Crippen LogP contribution in [0.3, 0.4) is 0 Å². The molecule has 0 spiro atoms. The molecule has 0 radical (unpaired) electrons. The molecule has 5 nitrogen and oxygen atoms in total. The molecule has 0 bridgehead atoms. The van der Waals surface area contributed by atoms with Crippen molar-refractivity contribution in [2.45, 2.75) is 45.6 Å². The number of rotatable bonds is 7. The van der Waals surface area contributed by atoms with Crippen LogP contribution in [-0.2, 0) is 16.0 Å². The van der Waals surface area contributed by atoms with Crippen LogP contribution in [0, 0.1) is 5.92 Å². The van der Waals surface area contributed by atoms with Gasteiger partial charge < -0.3 is 15.2 Å². The average Bonchev–Trinajstić information content (AvgIpc) is 2.97. The highest BCUT2D eigenvalue weighted by Gasteiger charge is 2.25. The van der Waals surface area contributed by atoms with Gasteiger partial charge in [-0.05, 0) is 29.2 Å². The SMILES string of the molecule is CCC(CC)CC(=O)NC(C(=O)O)c1ccc2c(c1)CCO2. The van der Waals surface area contributed by atoms with E-state index in [-0.39, 0.29) is 5.91 Å². The van der Waals surface area contributed by atoms with E-state index >= 15 is 0 Å². The second-order valence-corrected chi connectivity index (χ2v) is 5.69. The molecule has 22 heavy (non-hydrogen) atoms. The summed E-state index contributed by atoms with van der Waals surface area (Å²) in [5.74, 6) is -0.159. The Morgan fingerprint density at radius 3 is 2.68 bits per heavy atom. The van der Waals surface area contributed by atoms with E-state index < -0.39 is 12.0 Å². The summed E-state index contributed by atoms with van der Waals surface area (Å²) < 4.78 is 5.42. The smallest absolute Gasteiger partial charge is 0.330 e. The molecule has 1 atom stereocenters. The van der Waals surface area contributed by atoms with Crippen LogP contribution in [0.25, 0.3) is 0 Å². The maximum absolute atomic E-state index is 12.1. The van der Waals surface area contributed by atoms with Crippen LogP contribution < -0.4 is 10.1 Å². The first-order valence-electron chi connectivity index (χ1n) is 7.82. The second kappa shape index (κ2) is 7.29. The number of aliphatic carboxylic acids is 1. The van der Waals surface area contributed by atoms with E-state index in [2.05, 4.69) is 5.32 Å². The molecule has 120 valence electrons. The van der Waals surface area contributed by atoms with Crippen molar-refractivity contribution in [3.63, 3.8) is 0 Å². The lowest BCUT2D eigenvalue weighted by molar-refractivity contribution is -0.142. The van der Waals surface area contributed by atoms with E-state index in [1.807, 2.05) is 19.9 Å². The molecule has 1 heterocycles. The number of amides is 1. The van der Waals surface area contributed by atoms with Crippen molar-refractivity contribution in [2.24, 2.45) is 5.92 Å². The molecule has 0 aromatic heterocycles. The van der Waals surface area contributed by atoms with Gasteiger partial charge in [0.25, 0.3) is 0 Å². The molecule has 2 N–H and O–H groups in total. The minimum atomic E-state index is -1.04. The van der Waals surface area contributed by atoms with Crippen molar-refractivity contribution < 1.29 is 19.4 Å². The summed E-state index contributed by atoms with van der Waals surface area (Å²) in [6.45, 7) is 4.70. The van der Waals surface area contributed by atoms with E-state index in [4.69, 9.17) is 4.74 Å². The van der Waals surface area contributed by atoms with Gasteiger partial charge in [0, 0.05) is 12.8 Å². The van der Waals surface area contributed by atoms with Crippen LogP contribution in [0.2, 0.25) is 0 Å². The van der Waals surface area contributed by atoms with Crippen LogP contribution >= 0.6 is 0 Å². The van der Waals surface area contributed by atoms with Crippen molar-refractivity contribution in [3.8, 4) is 5.75 Å². The highest BCUT2D eigenvalue weighted by Crippen LogP contribution is 2.28. The second-order valence-electron chi connectivity index (χ2n) is 5.69. The topological polar surface area (TPSA) is 75.6 Å². The van der Waals surface area contributed by atoms with Gasteiger partial charge in [-0.3, -0.25) is 4.79 Å². The first-order chi connectivity index (χ1) is 10.5. The lowest BCUT2D eigenvalue weighted by Gasteiger charge is -2.18. The molecule has 0 saturated carbocycles. The Hall–Kier alpha value is -2.04. The molecule has 2 rings (SSSR count). The summed E-state index contributed by atoms with van der Waals surface area (Å²) in [6.07, 6.45) is 2.97. The third-order valence-corrected chi connectivity index (χ3v) is 4.23. The molecular formula is C17H23NO4. The van der Waals surface area contributed by atoms with Gasteiger partial charge in [0.1, 0.15) is 5.75 Å². The third-order valence-electron chi connectivity index (χ3n) is 4.23. The highest BCUT2D eigenvalue weighted by atomic mass is 16.5. The van der Waals surface area contributed by atoms with E-state index in [1.165, 1.54) is 0 Å². The number of ether oxygens (including phenoxy) is 1. The molecular weight excluding hydrogens is 282 g/mol. The summed E-state index contributed by atoms with van der Waals surface area (Å²) in [7, 11) is 0. The lowest BCUT2D eigenvalue weighted by atomic mass is 9.98. The largest absolute Gasteiger partial charge is 0.493 e. The van der Waals surface area contributed by atoms with Crippen LogP contribution in [0.1, 0.15) is 50.3 Å². The summed E-state index contributed by atoms with van der Waals surface area (Å²) in [6, 6.07) is 4.30. The molecule has 1 aromatic carbocycles. The molecule has 1 aliphatic rings. The fraction of sp³-hybridized carbons (Fsp3) is 0.529. The fourth-order valence-corrected chi connectivity index (χ4v) is 2.73. The number of carboxylic acids is 1. The number of carboxylic acid groups (broad SMARTS) is 1. The van der Waals surface area contributed by atoms with Crippen LogP contribution in [-0.4, -0.2) is 23.6 Å². The highest BCUT2D eigenvalue weighted by molar-refractivity contribution is 5.84. The number of carbonyl (C=O) groups is 2. The fourth-order valence-electron chi connectivity index (χ4n) is 2.73. The monoisotopic (exact) mass is 305 g/mol. The maximum Gasteiger partial charge on any atom is 0.330 e. The Kier molecular flexibility index (Phi) is 5.41. The zero-order valence-corrected chi connectivity index (χ0v) is 13.1. The molecule has 0 fully saturated rings. The predicted octanol–water partition coefficient (Wildman–Crippen LogP) is 2.69. The number of fused-ring (bicyclic) bond motifs is 1. The third kappa shape index (κ3) is 3.78. The van der Waals surface area contributed by atoms with Crippen molar-refractivity contribution in [1.82, 2.24) is 5.32 Å². The lowest BCUT2D eigenvalue weighted by Crippen LogP contribution is -2.34. The Balaban J connectivity index is 2.10. The van der Waals surface area contributed by atoms with Gasteiger partial charge in [0.15, 0.2) is 6.04 Å². The van der Waals surface area contributed by atoms with Gasteiger partial charge in [0.05, 0.1) is 6.61 Å². The molecule has 0 saturated heterocycles. The van der Waals surface area contributed by atoms with Gasteiger partial charge in [-0.15, -0.1) is 0 Å². The molecule has 1 amide bonds. The Morgan fingerprint density at radius 2 is 2.05 bits per heavy atom. The van der Waals surface area contributed by atoms with E-state index in [0.717, 1.165) is 30.6 Å². The Bertz CT molecular complexity index is 552. The predicted molar refractivity (Wildman–Crippen MR) is 82.8 cm³/mol. The number of hydrogen-bond donors (Lipinski definition) is 2. The van der Waals surface area contributed by atoms with Gasteiger partial charge in [-0.1, -0.05) is 32.8 Å². The number of hydrogen-bond acceptors (Lipinski definition) is 3. The van der Waals surface area contributed by atoms with Crippen LogP contribution in [0.15, 0.2) is 18.2 Å². The van der Waals surface area contributed by atoms with Gasteiger partial charge in [0.2, 0.25) is 5.91 Å². The van der Waals surface area contributed by atoms with E-state index in [0.29, 0.717) is 24.5 Å². The Labute approximate surface area is 130 Å². The summed E-state index contributed by atoms with van der Waals surface area (Å²) >= 11 is 0. The molecule has 5 heteroatoms. The standard InChI is InChI=1S/C17H23NO4/c1-3-11(4-2)9-15(19)18-16(17(20)21)13-5-6-14-12(10-13)7-8-22-14/h5-6,10-11,16H,3-4,7-9H2,1-2H3,(H,18,19)(H,20,21). The van der Waals surface area contributed by atoms with Gasteiger partial charge >= 0.3 is 5.97 Å². The van der Waals surface area contributed by atoms with E-state index in [9.17, 15) is 14.7 Å². The first kappa shape index (κ1) is 16.3. The minimum absolute atomic E-state index is 0.210. The van der Waals surface area contributed by atoms with Gasteiger partial charge in [-0.25, -0.2) is 4.79 Å². The zero-order valence-electron chi connectivity index (χ0n) is 13.1. The average molecular weight is 305 g/mol. The molecule has 0 aliphatic carbocycles. The van der Waals surface area contributed by atoms with Crippen molar-refractivity contribution >= 4 is 11.9 Å². The summed E-state index contributed by atoms with van der Waals surface area (Å²) in [4.78, 5) is 23.6. The van der Waals surface area contributed by atoms with Crippen molar-refractivity contribution in [2.75, 3.05) is 6.61 Å². The first-order valence-corrected chi connectivity index (χ1v) is 7.82. The number of carbonyl (C=O) groups excluding carboxylic acids is 1. The number of nitrogens with one attached hydrogen (secondary N) is 1. The van der Waals surface area contributed by atoms with Crippen LogP contribution in [0.5, 0.6) is 5.75 Å². The molecule has 1 unspecified atom stereocenters. The van der Waals surface area contributed by atoms with Crippen LogP contribution in [0.4, 0.5) is 0 Å². The van der Waals surface area contributed by atoms with Crippen molar-refractivity contribution in [1.29, 1.82) is 0 Å².